The maximum Gasteiger partial charge on any atom is 0.322 e. The molecule has 0 bridgehead atoms. The molecule has 1 fully saturated rings. The fourth-order valence-corrected chi connectivity index (χ4v) is 1.49. The molecule has 0 saturated carbocycles. The molecule has 6 heteroatoms. The number of rotatable bonds is 2. The number of nitrogens with one attached hydrogen (secondary N) is 1. The highest BCUT2D eigenvalue weighted by atomic mass is 16.6. The minimum Gasteiger partial charge on any atom is -0.336 e. The second-order valence-electron chi connectivity index (χ2n) is 3.16. The van der Waals surface area contributed by atoms with Crippen LogP contribution in [0.25, 0.3) is 0 Å². The number of benzene rings is 1. The summed E-state index contributed by atoms with van der Waals surface area (Å²) in [5, 5.41) is 13.2. The third-order valence-electron chi connectivity index (χ3n) is 2.21. The summed E-state index contributed by atoms with van der Waals surface area (Å²) in [6.45, 7) is 1.11. The van der Waals surface area contributed by atoms with Crippen LogP contribution >= 0.6 is 0 Å². The molecule has 0 spiro atoms. The second kappa shape index (κ2) is 3.56. The van der Waals surface area contributed by atoms with E-state index in [1.807, 2.05) is 0 Å². The second-order valence-corrected chi connectivity index (χ2v) is 3.16. The smallest absolute Gasteiger partial charge is 0.322 e. The minimum absolute atomic E-state index is 0.00722. The zero-order valence-electron chi connectivity index (χ0n) is 7.84. The van der Waals surface area contributed by atoms with Gasteiger partial charge in [0.15, 0.2) is 0 Å². The summed E-state index contributed by atoms with van der Waals surface area (Å²) in [5.41, 5.74) is 0.548. The van der Waals surface area contributed by atoms with E-state index in [0.717, 1.165) is 0 Å². The van der Waals surface area contributed by atoms with Crippen LogP contribution in [0.4, 0.5) is 16.2 Å². The lowest BCUT2D eigenvalue weighted by molar-refractivity contribution is -0.384. The van der Waals surface area contributed by atoms with Gasteiger partial charge in [-0.25, -0.2) is 4.79 Å². The highest BCUT2D eigenvalue weighted by Crippen LogP contribution is 2.21. The van der Waals surface area contributed by atoms with Gasteiger partial charge in [-0.3, -0.25) is 15.0 Å². The molecular formula is C9H9N3O3. The van der Waals surface area contributed by atoms with Crippen molar-refractivity contribution in [2.45, 2.75) is 0 Å². The van der Waals surface area contributed by atoms with Crippen LogP contribution in [0.5, 0.6) is 0 Å². The molecule has 0 atom stereocenters. The van der Waals surface area contributed by atoms with Crippen molar-refractivity contribution in [3.05, 3.63) is 34.4 Å². The Labute approximate surface area is 85.6 Å². The van der Waals surface area contributed by atoms with E-state index in [1.165, 1.54) is 17.0 Å². The van der Waals surface area contributed by atoms with Crippen LogP contribution in [0.15, 0.2) is 24.3 Å². The highest BCUT2D eigenvalue weighted by molar-refractivity contribution is 5.94. The summed E-state index contributed by atoms with van der Waals surface area (Å²) < 4.78 is 0. The third kappa shape index (κ3) is 1.74. The van der Waals surface area contributed by atoms with Crippen LogP contribution in [0.3, 0.4) is 0 Å². The molecule has 78 valence electrons. The van der Waals surface area contributed by atoms with Crippen molar-refractivity contribution in [1.82, 2.24) is 5.32 Å². The maximum absolute atomic E-state index is 11.3. The van der Waals surface area contributed by atoms with Crippen molar-refractivity contribution >= 4 is 17.4 Å². The van der Waals surface area contributed by atoms with Gasteiger partial charge in [0.2, 0.25) is 0 Å². The largest absolute Gasteiger partial charge is 0.336 e. The number of hydrogen-bond donors (Lipinski definition) is 1. The zero-order chi connectivity index (χ0) is 10.8. The van der Waals surface area contributed by atoms with Crippen molar-refractivity contribution in [2.24, 2.45) is 0 Å². The van der Waals surface area contributed by atoms with Gasteiger partial charge >= 0.3 is 6.03 Å². The van der Waals surface area contributed by atoms with Gasteiger partial charge in [0.1, 0.15) is 0 Å². The SMILES string of the molecule is O=C1NCCN1c1cccc([N+](=O)[O-])c1. The lowest BCUT2D eigenvalue weighted by Crippen LogP contribution is -2.27. The van der Waals surface area contributed by atoms with Crippen LogP contribution < -0.4 is 10.2 Å². The summed E-state index contributed by atoms with van der Waals surface area (Å²) in [6.07, 6.45) is 0. The summed E-state index contributed by atoms with van der Waals surface area (Å²) in [6, 6.07) is 5.83. The van der Waals surface area contributed by atoms with Gasteiger partial charge in [-0.1, -0.05) is 6.07 Å². The van der Waals surface area contributed by atoms with E-state index in [2.05, 4.69) is 5.32 Å². The van der Waals surface area contributed by atoms with Crippen molar-refractivity contribution in [3.8, 4) is 0 Å². The molecule has 1 aliphatic heterocycles. The first-order chi connectivity index (χ1) is 7.18. The molecule has 6 nitrogen and oxygen atoms in total. The van der Waals surface area contributed by atoms with Crippen molar-refractivity contribution in [1.29, 1.82) is 0 Å². The van der Waals surface area contributed by atoms with Crippen molar-refractivity contribution < 1.29 is 9.72 Å². The fraction of sp³-hybridized carbons (Fsp3) is 0.222. The molecule has 0 unspecified atom stereocenters. The Kier molecular flexibility index (Phi) is 2.24. The average Bonchev–Trinajstić information content (AvgIpc) is 2.64. The number of hydrogen-bond acceptors (Lipinski definition) is 3. The molecule has 0 radical (unpaired) electrons. The molecule has 1 aliphatic rings. The fourth-order valence-electron chi connectivity index (χ4n) is 1.49. The topological polar surface area (TPSA) is 75.5 Å². The van der Waals surface area contributed by atoms with Gasteiger partial charge in [0, 0.05) is 25.2 Å². The first kappa shape index (κ1) is 9.45. The maximum atomic E-state index is 11.3. The number of amides is 2. The zero-order valence-corrected chi connectivity index (χ0v) is 7.84. The molecule has 1 N–H and O–H groups in total. The van der Waals surface area contributed by atoms with E-state index < -0.39 is 4.92 Å². The van der Waals surface area contributed by atoms with Gasteiger partial charge in [-0.2, -0.15) is 0 Å². The van der Waals surface area contributed by atoms with Gasteiger partial charge in [0.05, 0.1) is 10.6 Å². The molecule has 15 heavy (non-hydrogen) atoms. The van der Waals surface area contributed by atoms with Crippen LogP contribution in [0, 0.1) is 10.1 Å². The molecule has 2 rings (SSSR count). The van der Waals surface area contributed by atoms with Gasteiger partial charge in [-0.15, -0.1) is 0 Å². The molecule has 0 aliphatic carbocycles. The summed E-state index contributed by atoms with van der Waals surface area (Å²) >= 11 is 0. The third-order valence-corrected chi connectivity index (χ3v) is 2.21. The first-order valence-electron chi connectivity index (χ1n) is 4.48. The number of nitro benzene ring substituents is 1. The Hall–Kier alpha value is -2.11. The molecule has 1 aromatic rings. The van der Waals surface area contributed by atoms with E-state index in [1.54, 1.807) is 12.1 Å². The number of carbonyl (C=O) groups excluding carboxylic acids is 1. The predicted octanol–water partition coefficient (Wildman–Crippen LogP) is 1.12. The molecule has 1 saturated heterocycles. The van der Waals surface area contributed by atoms with Crippen molar-refractivity contribution in [2.75, 3.05) is 18.0 Å². The highest BCUT2D eigenvalue weighted by Gasteiger charge is 2.22. The summed E-state index contributed by atoms with van der Waals surface area (Å²) in [7, 11) is 0. The normalized spacial score (nSPS) is 15.2. The Morgan fingerprint density at radius 2 is 2.27 bits per heavy atom. The molecule has 2 amide bonds. The molecular weight excluding hydrogens is 198 g/mol. The van der Waals surface area contributed by atoms with Crippen molar-refractivity contribution in [3.63, 3.8) is 0 Å². The van der Waals surface area contributed by atoms with E-state index in [-0.39, 0.29) is 11.7 Å². The Bertz CT molecular complexity index is 419. The predicted molar refractivity (Wildman–Crippen MR) is 53.8 cm³/mol. The van der Waals surface area contributed by atoms with E-state index >= 15 is 0 Å². The standard InChI is InChI=1S/C9H9N3O3/c13-9-10-4-5-11(9)7-2-1-3-8(6-7)12(14)15/h1-3,6H,4-5H2,(H,10,13). The van der Waals surface area contributed by atoms with Gasteiger partial charge < -0.3 is 5.32 Å². The summed E-state index contributed by atoms with van der Waals surface area (Å²) in [5.74, 6) is 0. The minimum atomic E-state index is -0.475. The summed E-state index contributed by atoms with van der Waals surface area (Å²) in [4.78, 5) is 22.8. The number of carbonyl (C=O) groups is 1. The van der Waals surface area contributed by atoms with Crippen LogP contribution in [-0.2, 0) is 0 Å². The first-order valence-corrected chi connectivity index (χ1v) is 4.48. The number of urea groups is 1. The Balaban J connectivity index is 2.32. The number of nitro groups is 1. The Morgan fingerprint density at radius 1 is 1.47 bits per heavy atom. The average molecular weight is 207 g/mol. The van der Waals surface area contributed by atoms with Crippen LogP contribution in [-0.4, -0.2) is 24.0 Å². The van der Waals surface area contributed by atoms with E-state index in [4.69, 9.17) is 0 Å². The van der Waals surface area contributed by atoms with Crippen LogP contribution in [0.1, 0.15) is 0 Å². The van der Waals surface area contributed by atoms with E-state index in [0.29, 0.717) is 18.8 Å². The lowest BCUT2D eigenvalue weighted by atomic mass is 10.2. The number of non-ortho nitro benzene ring substituents is 1. The molecule has 1 heterocycles. The number of anilines is 1. The quantitative estimate of drug-likeness (QED) is 0.583. The van der Waals surface area contributed by atoms with E-state index in [9.17, 15) is 14.9 Å². The monoisotopic (exact) mass is 207 g/mol. The van der Waals surface area contributed by atoms with Gasteiger partial charge in [0.25, 0.3) is 5.69 Å². The number of nitrogens with zero attached hydrogens (tertiary/aromatic N) is 2. The lowest BCUT2D eigenvalue weighted by Gasteiger charge is -2.13. The van der Waals surface area contributed by atoms with Gasteiger partial charge in [-0.05, 0) is 6.07 Å². The molecule has 1 aromatic carbocycles. The Morgan fingerprint density at radius 3 is 2.87 bits per heavy atom. The van der Waals surface area contributed by atoms with Crippen LogP contribution in [0.2, 0.25) is 0 Å². The molecule has 0 aromatic heterocycles.